The molecular formula is C17H28N2. The van der Waals surface area contributed by atoms with Crippen molar-refractivity contribution in [3.8, 4) is 0 Å². The van der Waals surface area contributed by atoms with Gasteiger partial charge in [-0.25, -0.2) is 0 Å². The highest BCUT2D eigenvalue weighted by Crippen LogP contribution is 2.18. The van der Waals surface area contributed by atoms with Crippen LogP contribution in [-0.4, -0.2) is 30.6 Å². The molecular weight excluding hydrogens is 232 g/mol. The molecule has 1 saturated heterocycles. The lowest BCUT2D eigenvalue weighted by Gasteiger charge is -2.32. The monoisotopic (exact) mass is 260 g/mol. The second-order valence-corrected chi connectivity index (χ2v) is 6.27. The molecule has 1 heterocycles. The van der Waals surface area contributed by atoms with E-state index in [9.17, 15) is 0 Å². The highest BCUT2D eigenvalue weighted by molar-refractivity contribution is 5.21. The summed E-state index contributed by atoms with van der Waals surface area (Å²) in [5.41, 5.74) is 2.80. The lowest BCUT2D eigenvalue weighted by molar-refractivity contribution is 0.174. The lowest BCUT2D eigenvalue weighted by Crippen LogP contribution is -2.38. The molecule has 0 spiro atoms. The van der Waals surface area contributed by atoms with Gasteiger partial charge in [-0.05, 0) is 50.9 Å². The maximum atomic E-state index is 3.57. The van der Waals surface area contributed by atoms with Gasteiger partial charge in [0.05, 0.1) is 0 Å². The first-order chi connectivity index (χ1) is 9.13. The fourth-order valence-corrected chi connectivity index (χ4v) is 2.70. The Balaban J connectivity index is 1.72. The Bertz CT molecular complexity index is 361. The van der Waals surface area contributed by atoms with Crippen LogP contribution in [-0.2, 0) is 6.54 Å². The number of likely N-dealkylation sites (tertiary alicyclic amines) is 1. The minimum absolute atomic E-state index is 0.616. The summed E-state index contributed by atoms with van der Waals surface area (Å²) in [6.07, 6.45) is 2.68. The molecule has 1 aliphatic heterocycles. The van der Waals surface area contributed by atoms with Crippen LogP contribution >= 0.6 is 0 Å². The van der Waals surface area contributed by atoms with Crippen molar-refractivity contribution < 1.29 is 0 Å². The van der Waals surface area contributed by atoms with Crippen LogP contribution in [0.5, 0.6) is 0 Å². The van der Waals surface area contributed by atoms with Crippen molar-refractivity contribution in [1.29, 1.82) is 0 Å². The molecule has 1 N–H and O–H groups in total. The summed E-state index contributed by atoms with van der Waals surface area (Å²) in [5.74, 6) is 0.872. The van der Waals surface area contributed by atoms with Gasteiger partial charge in [-0.1, -0.05) is 43.7 Å². The topological polar surface area (TPSA) is 15.3 Å². The fourth-order valence-electron chi connectivity index (χ4n) is 2.70. The zero-order valence-electron chi connectivity index (χ0n) is 12.7. The molecule has 0 bridgehead atoms. The molecule has 0 aliphatic carbocycles. The molecule has 1 fully saturated rings. The van der Waals surface area contributed by atoms with E-state index in [2.05, 4.69) is 55.3 Å². The summed E-state index contributed by atoms with van der Waals surface area (Å²) in [7, 11) is 0. The Morgan fingerprint density at radius 3 is 2.37 bits per heavy atom. The Kier molecular flexibility index (Phi) is 5.41. The van der Waals surface area contributed by atoms with Gasteiger partial charge in [0.15, 0.2) is 0 Å². The standard InChI is InChI=1S/C17H28N2/c1-14(2)18-12-16-8-10-19(11-9-16)13-17-6-4-15(3)5-7-17/h4-7,14,16,18H,8-13H2,1-3H3. The molecule has 0 amide bonds. The largest absolute Gasteiger partial charge is 0.314 e. The molecule has 0 unspecified atom stereocenters. The molecule has 2 nitrogen and oxygen atoms in total. The fraction of sp³-hybridized carbons (Fsp3) is 0.647. The number of benzene rings is 1. The van der Waals surface area contributed by atoms with E-state index in [1.54, 1.807) is 0 Å². The Morgan fingerprint density at radius 2 is 1.79 bits per heavy atom. The average Bonchev–Trinajstić information content (AvgIpc) is 2.40. The quantitative estimate of drug-likeness (QED) is 0.874. The molecule has 19 heavy (non-hydrogen) atoms. The van der Waals surface area contributed by atoms with Crippen LogP contribution < -0.4 is 5.32 Å². The highest BCUT2D eigenvalue weighted by Gasteiger charge is 2.19. The molecule has 0 aromatic heterocycles. The summed E-state index contributed by atoms with van der Waals surface area (Å²) in [6.45, 7) is 11.4. The van der Waals surface area contributed by atoms with Gasteiger partial charge in [0.1, 0.15) is 0 Å². The molecule has 2 heteroatoms. The number of hydrogen-bond donors (Lipinski definition) is 1. The van der Waals surface area contributed by atoms with Crippen LogP contribution in [0.1, 0.15) is 37.8 Å². The van der Waals surface area contributed by atoms with E-state index in [0.29, 0.717) is 6.04 Å². The first-order valence-electron chi connectivity index (χ1n) is 7.65. The summed E-state index contributed by atoms with van der Waals surface area (Å²) in [4.78, 5) is 2.59. The van der Waals surface area contributed by atoms with Crippen molar-refractivity contribution in [2.24, 2.45) is 5.92 Å². The normalized spacial score (nSPS) is 18.1. The zero-order valence-corrected chi connectivity index (χ0v) is 12.7. The molecule has 1 aromatic carbocycles. The van der Waals surface area contributed by atoms with Crippen molar-refractivity contribution in [2.75, 3.05) is 19.6 Å². The molecule has 2 rings (SSSR count). The summed E-state index contributed by atoms with van der Waals surface area (Å²) < 4.78 is 0. The van der Waals surface area contributed by atoms with Crippen LogP contribution in [0.4, 0.5) is 0 Å². The van der Waals surface area contributed by atoms with Crippen molar-refractivity contribution in [3.63, 3.8) is 0 Å². The minimum Gasteiger partial charge on any atom is -0.314 e. The van der Waals surface area contributed by atoms with Crippen LogP contribution in [0.15, 0.2) is 24.3 Å². The molecule has 0 atom stereocenters. The average molecular weight is 260 g/mol. The third kappa shape index (κ3) is 4.96. The Hall–Kier alpha value is -0.860. The second kappa shape index (κ2) is 7.06. The third-order valence-corrected chi connectivity index (χ3v) is 4.05. The third-order valence-electron chi connectivity index (χ3n) is 4.05. The van der Waals surface area contributed by atoms with Gasteiger partial charge < -0.3 is 5.32 Å². The molecule has 0 radical (unpaired) electrons. The smallest absolute Gasteiger partial charge is 0.0233 e. The van der Waals surface area contributed by atoms with Crippen LogP contribution in [0, 0.1) is 12.8 Å². The van der Waals surface area contributed by atoms with Crippen LogP contribution in [0.3, 0.4) is 0 Å². The number of nitrogens with zero attached hydrogens (tertiary/aromatic N) is 1. The predicted molar refractivity (Wildman–Crippen MR) is 82.3 cm³/mol. The maximum absolute atomic E-state index is 3.57. The highest BCUT2D eigenvalue weighted by atomic mass is 15.1. The Morgan fingerprint density at radius 1 is 1.16 bits per heavy atom. The van der Waals surface area contributed by atoms with E-state index in [4.69, 9.17) is 0 Å². The SMILES string of the molecule is Cc1ccc(CN2CCC(CNC(C)C)CC2)cc1. The van der Waals surface area contributed by atoms with Gasteiger partial charge in [0, 0.05) is 12.6 Å². The maximum Gasteiger partial charge on any atom is 0.0233 e. The van der Waals surface area contributed by atoms with Crippen molar-refractivity contribution in [2.45, 2.75) is 46.2 Å². The van der Waals surface area contributed by atoms with E-state index in [1.807, 2.05) is 0 Å². The van der Waals surface area contributed by atoms with Gasteiger partial charge in [-0.3, -0.25) is 4.90 Å². The van der Waals surface area contributed by atoms with Crippen LogP contribution in [0.2, 0.25) is 0 Å². The minimum atomic E-state index is 0.616. The van der Waals surface area contributed by atoms with Gasteiger partial charge >= 0.3 is 0 Å². The first kappa shape index (κ1) is 14.5. The van der Waals surface area contributed by atoms with Crippen molar-refractivity contribution in [3.05, 3.63) is 35.4 Å². The Labute approximate surface area is 118 Å². The number of piperidine rings is 1. The van der Waals surface area contributed by atoms with E-state index >= 15 is 0 Å². The first-order valence-corrected chi connectivity index (χ1v) is 7.65. The van der Waals surface area contributed by atoms with Crippen molar-refractivity contribution >= 4 is 0 Å². The second-order valence-electron chi connectivity index (χ2n) is 6.27. The number of rotatable bonds is 5. The van der Waals surface area contributed by atoms with E-state index in [1.165, 1.54) is 43.6 Å². The van der Waals surface area contributed by atoms with E-state index in [0.717, 1.165) is 12.5 Å². The lowest BCUT2D eigenvalue weighted by atomic mass is 9.96. The molecule has 106 valence electrons. The summed E-state index contributed by atoms with van der Waals surface area (Å²) >= 11 is 0. The van der Waals surface area contributed by atoms with Crippen LogP contribution in [0.25, 0.3) is 0 Å². The van der Waals surface area contributed by atoms with Gasteiger partial charge in [0.2, 0.25) is 0 Å². The van der Waals surface area contributed by atoms with E-state index in [-0.39, 0.29) is 0 Å². The predicted octanol–water partition coefficient (Wildman–Crippen LogP) is 3.21. The van der Waals surface area contributed by atoms with E-state index < -0.39 is 0 Å². The summed E-state index contributed by atoms with van der Waals surface area (Å²) in [6, 6.07) is 9.58. The van der Waals surface area contributed by atoms with Gasteiger partial charge in [-0.15, -0.1) is 0 Å². The molecule has 1 aliphatic rings. The number of hydrogen-bond acceptors (Lipinski definition) is 2. The zero-order chi connectivity index (χ0) is 13.7. The van der Waals surface area contributed by atoms with Crippen molar-refractivity contribution in [1.82, 2.24) is 10.2 Å². The number of nitrogens with one attached hydrogen (secondary N) is 1. The number of aryl methyl sites for hydroxylation is 1. The molecule has 1 aromatic rings. The molecule has 0 saturated carbocycles. The summed E-state index contributed by atoms with van der Waals surface area (Å²) in [5, 5.41) is 3.57. The van der Waals surface area contributed by atoms with Gasteiger partial charge in [0.25, 0.3) is 0 Å². The van der Waals surface area contributed by atoms with Gasteiger partial charge in [-0.2, -0.15) is 0 Å².